The van der Waals surface area contributed by atoms with Gasteiger partial charge in [-0.2, -0.15) is 5.26 Å². The van der Waals surface area contributed by atoms with E-state index in [0.29, 0.717) is 25.9 Å². The molecule has 0 atom stereocenters. The summed E-state index contributed by atoms with van der Waals surface area (Å²) in [6.45, 7) is 2.11. The molecule has 0 aliphatic rings. The van der Waals surface area contributed by atoms with Gasteiger partial charge in [-0.15, -0.1) is 0 Å². The van der Waals surface area contributed by atoms with E-state index in [-0.39, 0.29) is 17.9 Å². The summed E-state index contributed by atoms with van der Waals surface area (Å²) in [6.07, 6.45) is 1.49. The number of nitrogens with one attached hydrogen (secondary N) is 1. The lowest BCUT2D eigenvalue weighted by Crippen LogP contribution is -2.13. The Kier molecular flexibility index (Phi) is 7.98. The predicted molar refractivity (Wildman–Crippen MR) is 133 cm³/mol. The molecule has 3 rings (SSSR count). The second-order valence-electron chi connectivity index (χ2n) is 7.02. The van der Waals surface area contributed by atoms with Crippen molar-refractivity contribution in [2.45, 2.75) is 13.5 Å². The van der Waals surface area contributed by atoms with Gasteiger partial charge in [0.1, 0.15) is 24.0 Å². The van der Waals surface area contributed by atoms with Gasteiger partial charge in [-0.25, -0.2) is 0 Å². The maximum Gasteiger partial charge on any atom is 0.269 e. The summed E-state index contributed by atoms with van der Waals surface area (Å²) in [7, 11) is 0. The summed E-state index contributed by atoms with van der Waals surface area (Å²) >= 11 is 6.91. The molecular formula is C24H17Br2N3O4. The van der Waals surface area contributed by atoms with Crippen LogP contribution in [0, 0.1) is 28.4 Å². The Bertz CT molecular complexity index is 1260. The molecule has 0 aromatic heterocycles. The van der Waals surface area contributed by atoms with Crippen LogP contribution >= 0.6 is 31.9 Å². The van der Waals surface area contributed by atoms with Crippen LogP contribution in [-0.2, 0) is 11.4 Å². The zero-order valence-corrected chi connectivity index (χ0v) is 20.5. The summed E-state index contributed by atoms with van der Waals surface area (Å²) < 4.78 is 7.07. The van der Waals surface area contributed by atoms with E-state index in [1.807, 2.05) is 31.2 Å². The number of nitriles is 1. The van der Waals surface area contributed by atoms with Crippen molar-refractivity contribution in [2.75, 3.05) is 5.32 Å². The molecule has 0 aliphatic carbocycles. The van der Waals surface area contributed by atoms with Crippen molar-refractivity contribution >= 4 is 55.2 Å². The number of nitrogens with zero attached hydrogens (tertiary/aromatic N) is 2. The number of amides is 1. The molecule has 0 saturated carbocycles. The molecular weight excluding hydrogens is 554 g/mol. The summed E-state index contributed by atoms with van der Waals surface area (Å²) in [5, 5.41) is 23.0. The van der Waals surface area contributed by atoms with Gasteiger partial charge in [0.15, 0.2) is 0 Å². The lowest BCUT2D eigenvalue weighted by molar-refractivity contribution is -0.384. The highest BCUT2D eigenvalue weighted by Gasteiger charge is 2.13. The van der Waals surface area contributed by atoms with Crippen molar-refractivity contribution in [1.29, 1.82) is 5.26 Å². The number of rotatable bonds is 7. The lowest BCUT2D eigenvalue weighted by Gasteiger charge is -2.12. The Labute approximate surface area is 207 Å². The third kappa shape index (κ3) is 6.51. The minimum absolute atomic E-state index is 0.0111. The number of carbonyl (C=O) groups excluding carboxylic acids is 1. The van der Waals surface area contributed by atoms with Crippen LogP contribution < -0.4 is 10.1 Å². The van der Waals surface area contributed by atoms with E-state index >= 15 is 0 Å². The third-order valence-electron chi connectivity index (χ3n) is 4.50. The van der Waals surface area contributed by atoms with Gasteiger partial charge in [-0.1, -0.05) is 12.1 Å². The molecule has 166 valence electrons. The van der Waals surface area contributed by atoms with Crippen LogP contribution in [0.25, 0.3) is 6.08 Å². The largest absolute Gasteiger partial charge is 0.487 e. The average Bonchev–Trinajstić information content (AvgIpc) is 2.77. The van der Waals surface area contributed by atoms with Crippen LogP contribution in [0.3, 0.4) is 0 Å². The van der Waals surface area contributed by atoms with Gasteiger partial charge in [0.05, 0.1) is 13.9 Å². The maximum absolute atomic E-state index is 12.5. The molecule has 7 nitrogen and oxygen atoms in total. The van der Waals surface area contributed by atoms with Crippen LogP contribution in [0.1, 0.15) is 16.7 Å². The van der Waals surface area contributed by atoms with Gasteiger partial charge in [0, 0.05) is 17.8 Å². The topological polar surface area (TPSA) is 105 Å². The highest BCUT2D eigenvalue weighted by molar-refractivity contribution is 9.11. The third-order valence-corrected chi connectivity index (χ3v) is 5.68. The first-order valence-corrected chi connectivity index (χ1v) is 11.2. The SMILES string of the molecule is Cc1cccc(NC(=O)/C(C#N)=C\c2cc(Br)c(OCc3ccc([N+](=O)[O-])cc3)c(Br)c2)c1. The molecule has 0 spiro atoms. The van der Waals surface area contributed by atoms with Gasteiger partial charge in [-0.05, 0) is 97.9 Å². The Hall–Kier alpha value is -3.48. The number of aryl methyl sites for hydroxylation is 1. The zero-order valence-electron chi connectivity index (χ0n) is 17.3. The summed E-state index contributed by atoms with van der Waals surface area (Å²) in [5.74, 6) is 0.0158. The Morgan fingerprint density at radius 3 is 2.39 bits per heavy atom. The first kappa shape index (κ1) is 24.2. The number of ether oxygens (including phenoxy) is 1. The van der Waals surface area contributed by atoms with Crippen LogP contribution in [0.15, 0.2) is 75.2 Å². The molecule has 1 amide bonds. The van der Waals surface area contributed by atoms with E-state index in [2.05, 4.69) is 37.2 Å². The van der Waals surface area contributed by atoms with E-state index in [1.165, 1.54) is 18.2 Å². The first-order valence-electron chi connectivity index (χ1n) is 9.62. The number of halogens is 2. The number of hydrogen-bond acceptors (Lipinski definition) is 5. The van der Waals surface area contributed by atoms with E-state index in [1.54, 1.807) is 30.3 Å². The molecule has 3 aromatic carbocycles. The molecule has 0 aliphatic heterocycles. The summed E-state index contributed by atoms with van der Waals surface area (Å²) in [6, 6.07) is 18.8. The minimum atomic E-state index is -0.506. The van der Waals surface area contributed by atoms with Crippen molar-refractivity contribution in [3.8, 4) is 11.8 Å². The number of nitro benzene ring substituents is 1. The zero-order chi connectivity index (χ0) is 24.0. The van der Waals surface area contributed by atoms with Gasteiger partial charge >= 0.3 is 0 Å². The second kappa shape index (κ2) is 10.9. The number of non-ortho nitro benzene ring substituents is 1. The Balaban J connectivity index is 1.75. The fraction of sp³-hybridized carbons (Fsp3) is 0.0833. The van der Waals surface area contributed by atoms with Crippen LogP contribution in [0.2, 0.25) is 0 Å². The van der Waals surface area contributed by atoms with Crippen molar-refractivity contribution in [1.82, 2.24) is 0 Å². The van der Waals surface area contributed by atoms with Crippen LogP contribution in [0.5, 0.6) is 5.75 Å². The molecule has 0 unspecified atom stereocenters. The van der Waals surface area contributed by atoms with Crippen molar-refractivity contribution in [2.24, 2.45) is 0 Å². The molecule has 0 fully saturated rings. The monoisotopic (exact) mass is 569 g/mol. The van der Waals surface area contributed by atoms with Gasteiger partial charge in [0.2, 0.25) is 0 Å². The van der Waals surface area contributed by atoms with E-state index in [9.17, 15) is 20.2 Å². The minimum Gasteiger partial charge on any atom is -0.487 e. The summed E-state index contributed by atoms with van der Waals surface area (Å²) in [5.41, 5.74) is 2.95. The standard InChI is InChI=1S/C24H17Br2N3O4/c1-15-3-2-4-19(9-15)28-24(30)18(13-27)10-17-11-21(25)23(22(26)12-17)33-14-16-5-7-20(8-6-16)29(31)32/h2-12H,14H2,1H3,(H,28,30)/b18-10-. The molecule has 33 heavy (non-hydrogen) atoms. The molecule has 0 bridgehead atoms. The number of benzene rings is 3. The van der Waals surface area contributed by atoms with E-state index < -0.39 is 10.8 Å². The fourth-order valence-corrected chi connectivity index (χ4v) is 4.36. The number of anilines is 1. The number of carbonyl (C=O) groups is 1. The molecule has 0 saturated heterocycles. The Morgan fingerprint density at radius 1 is 1.15 bits per heavy atom. The van der Waals surface area contributed by atoms with Crippen LogP contribution in [-0.4, -0.2) is 10.8 Å². The second-order valence-corrected chi connectivity index (χ2v) is 8.73. The normalized spacial score (nSPS) is 10.9. The highest BCUT2D eigenvalue weighted by Crippen LogP contribution is 2.36. The average molecular weight is 571 g/mol. The highest BCUT2D eigenvalue weighted by atomic mass is 79.9. The van der Waals surface area contributed by atoms with Crippen molar-refractivity contribution in [3.05, 3.63) is 102 Å². The molecule has 3 aromatic rings. The lowest BCUT2D eigenvalue weighted by atomic mass is 10.1. The number of nitro groups is 1. The smallest absolute Gasteiger partial charge is 0.269 e. The first-order chi connectivity index (χ1) is 15.8. The van der Waals surface area contributed by atoms with Crippen molar-refractivity contribution in [3.63, 3.8) is 0 Å². The predicted octanol–water partition coefficient (Wildman–Crippen LogP) is 6.55. The molecule has 9 heteroatoms. The Morgan fingerprint density at radius 2 is 1.82 bits per heavy atom. The quantitative estimate of drug-likeness (QED) is 0.150. The van der Waals surface area contributed by atoms with Gasteiger partial charge < -0.3 is 10.1 Å². The van der Waals surface area contributed by atoms with Crippen LogP contribution in [0.4, 0.5) is 11.4 Å². The van der Waals surface area contributed by atoms with Gasteiger partial charge in [0.25, 0.3) is 11.6 Å². The van der Waals surface area contributed by atoms with E-state index in [0.717, 1.165) is 11.1 Å². The maximum atomic E-state index is 12.5. The van der Waals surface area contributed by atoms with E-state index in [4.69, 9.17) is 4.74 Å². The number of hydrogen-bond donors (Lipinski definition) is 1. The molecule has 0 heterocycles. The van der Waals surface area contributed by atoms with Gasteiger partial charge in [-0.3, -0.25) is 14.9 Å². The molecule has 0 radical (unpaired) electrons. The van der Waals surface area contributed by atoms with Crippen molar-refractivity contribution < 1.29 is 14.5 Å². The fourth-order valence-electron chi connectivity index (χ4n) is 2.91. The summed E-state index contributed by atoms with van der Waals surface area (Å²) in [4.78, 5) is 22.8. The molecule has 1 N–H and O–H groups in total.